The van der Waals surface area contributed by atoms with Crippen LogP contribution in [0.25, 0.3) is 15.9 Å². The van der Waals surface area contributed by atoms with E-state index in [9.17, 15) is 18.0 Å². The molecule has 0 atom stereocenters. The van der Waals surface area contributed by atoms with E-state index in [1.54, 1.807) is 43.3 Å². The molecule has 30 heavy (non-hydrogen) atoms. The van der Waals surface area contributed by atoms with E-state index in [4.69, 9.17) is 4.74 Å². The van der Waals surface area contributed by atoms with Crippen molar-refractivity contribution in [1.82, 2.24) is 14.8 Å². The lowest BCUT2D eigenvalue weighted by atomic mass is 10.2. The molecule has 0 fully saturated rings. The maximum Gasteiger partial charge on any atom is 0.434 e. The van der Waals surface area contributed by atoms with Gasteiger partial charge in [0.05, 0.1) is 34.8 Å². The first-order chi connectivity index (χ1) is 14.3. The molecule has 10 heteroatoms. The van der Waals surface area contributed by atoms with Crippen molar-refractivity contribution in [2.75, 3.05) is 12.4 Å². The number of hydrogen-bond acceptors (Lipinski definition) is 5. The van der Waals surface area contributed by atoms with E-state index in [-0.39, 0.29) is 10.8 Å². The standard InChI is InChI=1S/C20H15F3N4O2S/c1-11-5-3-4-6-15(11)27-17(20(21,22)23)13(10-24-27)18(28)26-19-25-14-8-7-12(29-2)9-16(14)30-19/h3-10H,1-2H3,(H,25,26,28). The number of carbonyl (C=O) groups excluding carboxylic acids is 1. The Morgan fingerprint density at radius 1 is 1.20 bits per heavy atom. The third-order valence-electron chi connectivity index (χ3n) is 4.44. The lowest BCUT2D eigenvalue weighted by Gasteiger charge is -2.14. The molecule has 2 aromatic heterocycles. The molecule has 0 aliphatic rings. The normalized spacial score (nSPS) is 11.6. The van der Waals surface area contributed by atoms with Gasteiger partial charge in [-0.2, -0.15) is 18.3 Å². The highest BCUT2D eigenvalue weighted by atomic mass is 32.1. The molecule has 0 aliphatic carbocycles. The van der Waals surface area contributed by atoms with Crippen molar-refractivity contribution in [2.45, 2.75) is 13.1 Å². The van der Waals surface area contributed by atoms with E-state index >= 15 is 0 Å². The van der Waals surface area contributed by atoms with Crippen LogP contribution >= 0.6 is 11.3 Å². The number of fused-ring (bicyclic) bond motifs is 1. The monoisotopic (exact) mass is 432 g/mol. The van der Waals surface area contributed by atoms with Gasteiger partial charge >= 0.3 is 6.18 Å². The molecular formula is C20H15F3N4O2S. The lowest BCUT2D eigenvalue weighted by Crippen LogP contribution is -2.21. The fourth-order valence-corrected chi connectivity index (χ4v) is 3.91. The molecule has 0 saturated heterocycles. The highest BCUT2D eigenvalue weighted by molar-refractivity contribution is 7.22. The van der Waals surface area contributed by atoms with Gasteiger partial charge in [0.15, 0.2) is 10.8 Å². The van der Waals surface area contributed by atoms with Gasteiger partial charge in [-0.3, -0.25) is 10.1 Å². The third kappa shape index (κ3) is 3.61. The molecule has 0 saturated carbocycles. The molecular weight excluding hydrogens is 417 g/mol. The number of anilines is 1. The third-order valence-corrected chi connectivity index (χ3v) is 5.38. The molecule has 1 N–H and O–H groups in total. The summed E-state index contributed by atoms with van der Waals surface area (Å²) >= 11 is 1.14. The van der Waals surface area contributed by atoms with E-state index in [0.29, 0.717) is 16.8 Å². The fourth-order valence-electron chi connectivity index (χ4n) is 3.02. The number of hydrogen-bond donors (Lipinski definition) is 1. The number of amides is 1. The largest absolute Gasteiger partial charge is 0.497 e. The van der Waals surface area contributed by atoms with Crippen LogP contribution in [0.4, 0.5) is 18.3 Å². The number of thiazole rings is 1. The Balaban J connectivity index is 1.72. The van der Waals surface area contributed by atoms with Crippen LogP contribution in [-0.2, 0) is 6.18 Å². The van der Waals surface area contributed by atoms with E-state index in [1.165, 1.54) is 13.2 Å². The summed E-state index contributed by atoms with van der Waals surface area (Å²) in [7, 11) is 1.52. The van der Waals surface area contributed by atoms with Gasteiger partial charge in [-0.1, -0.05) is 29.5 Å². The zero-order valence-electron chi connectivity index (χ0n) is 15.8. The second-order valence-corrected chi connectivity index (χ2v) is 7.44. The summed E-state index contributed by atoms with van der Waals surface area (Å²) in [4.78, 5) is 16.9. The summed E-state index contributed by atoms with van der Waals surface area (Å²) < 4.78 is 48.1. The Bertz CT molecular complexity index is 1250. The average Bonchev–Trinajstić information content (AvgIpc) is 3.31. The Hall–Kier alpha value is -3.40. The number of methoxy groups -OCH3 is 1. The highest BCUT2D eigenvalue weighted by Crippen LogP contribution is 2.35. The van der Waals surface area contributed by atoms with Gasteiger partial charge in [0.1, 0.15) is 5.75 Å². The minimum Gasteiger partial charge on any atom is -0.497 e. The van der Waals surface area contributed by atoms with Crippen LogP contribution < -0.4 is 10.1 Å². The van der Waals surface area contributed by atoms with Crippen molar-refractivity contribution >= 4 is 32.6 Å². The first-order valence-electron chi connectivity index (χ1n) is 8.75. The minimum atomic E-state index is -4.79. The van der Waals surface area contributed by atoms with Crippen LogP contribution in [0, 0.1) is 6.92 Å². The number of para-hydroxylation sites is 1. The maximum absolute atomic E-state index is 13.8. The first kappa shape index (κ1) is 19.9. The molecule has 2 aromatic carbocycles. The predicted octanol–water partition coefficient (Wildman–Crippen LogP) is 5.07. The van der Waals surface area contributed by atoms with Gasteiger partial charge in [-0.05, 0) is 36.8 Å². The van der Waals surface area contributed by atoms with Crippen molar-refractivity contribution in [2.24, 2.45) is 0 Å². The fraction of sp³-hybridized carbons (Fsp3) is 0.150. The molecule has 6 nitrogen and oxygen atoms in total. The number of halogens is 3. The number of nitrogens with one attached hydrogen (secondary N) is 1. The zero-order valence-corrected chi connectivity index (χ0v) is 16.6. The molecule has 0 bridgehead atoms. The number of aryl methyl sites for hydroxylation is 1. The van der Waals surface area contributed by atoms with Crippen LogP contribution in [0.15, 0.2) is 48.7 Å². The molecule has 1 amide bonds. The number of benzene rings is 2. The number of ether oxygens (including phenoxy) is 1. The number of alkyl halides is 3. The van der Waals surface area contributed by atoms with E-state index in [0.717, 1.165) is 26.9 Å². The summed E-state index contributed by atoms with van der Waals surface area (Å²) in [6.45, 7) is 1.67. The molecule has 0 spiro atoms. The SMILES string of the molecule is COc1ccc2nc(NC(=O)c3cnn(-c4ccccc4C)c3C(F)(F)F)sc2c1. The molecule has 154 valence electrons. The van der Waals surface area contributed by atoms with Crippen molar-refractivity contribution in [1.29, 1.82) is 0 Å². The van der Waals surface area contributed by atoms with Crippen molar-refractivity contribution in [3.63, 3.8) is 0 Å². The number of carbonyl (C=O) groups is 1. The molecule has 0 aliphatic heterocycles. The highest BCUT2D eigenvalue weighted by Gasteiger charge is 2.41. The van der Waals surface area contributed by atoms with Gasteiger partial charge in [0.25, 0.3) is 5.91 Å². The second-order valence-electron chi connectivity index (χ2n) is 6.41. The predicted molar refractivity (Wildman–Crippen MR) is 107 cm³/mol. The van der Waals surface area contributed by atoms with Gasteiger partial charge in [0.2, 0.25) is 0 Å². The van der Waals surface area contributed by atoms with Crippen molar-refractivity contribution < 1.29 is 22.7 Å². The van der Waals surface area contributed by atoms with E-state index in [1.807, 2.05) is 0 Å². The Morgan fingerprint density at radius 3 is 2.67 bits per heavy atom. The van der Waals surface area contributed by atoms with Crippen LogP contribution in [0.3, 0.4) is 0 Å². The summed E-state index contributed by atoms with van der Waals surface area (Å²) in [5, 5.41) is 6.48. The van der Waals surface area contributed by atoms with Gasteiger partial charge in [-0.15, -0.1) is 0 Å². The molecule has 0 radical (unpaired) electrons. The number of aromatic nitrogens is 3. The first-order valence-corrected chi connectivity index (χ1v) is 9.56. The second kappa shape index (κ2) is 7.45. The summed E-state index contributed by atoms with van der Waals surface area (Å²) in [6, 6.07) is 11.7. The van der Waals surface area contributed by atoms with Crippen LogP contribution in [0.2, 0.25) is 0 Å². The topological polar surface area (TPSA) is 69.0 Å². The average molecular weight is 432 g/mol. The summed E-state index contributed by atoms with van der Waals surface area (Å²) in [6.07, 6.45) is -3.87. The molecule has 0 unspecified atom stereocenters. The van der Waals surface area contributed by atoms with Gasteiger partial charge in [0, 0.05) is 0 Å². The maximum atomic E-state index is 13.8. The Morgan fingerprint density at radius 2 is 1.97 bits per heavy atom. The summed E-state index contributed by atoms with van der Waals surface area (Å²) in [5.41, 5.74) is -0.281. The lowest BCUT2D eigenvalue weighted by molar-refractivity contribution is -0.143. The number of nitrogens with zero attached hydrogens (tertiary/aromatic N) is 3. The Kier molecular flexibility index (Phi) is 4.94. The van der Waals surface area contributed by atoms with E-state index < -0.39 is 23.3 Å². The van der Waals surface area contributed by atoms with Crippen LogP contribution in [0.1, 0.15) is 21.6 Å². The van der Waals surface area contributed by atoms with E-state index in [2.05, 4.69) is 15.4 Å². The molecule has 2 heterocycles. The summed E-state index contributed by atoms with van der Waals surface area (Å²) in [5.74, 6) is -0.323. The quantitative estimate of drug-likeness (QED) is 0.489. The van der Waals surface area contributed by atoms with Gasteiger partial charge in [-0.25, -0.2) is 9.67 Å². The van der Waals surface area contributed by atoms with Crippen LogP contribution in [0.5, 0.6) is 5.75 Å². The Labute approximate surface area is 172 Å². The van der Waals surface area contributed by atoms with Crippen molar-refractivity contribution in [3.05, 3.63) is 65.5 Å². The molecule has 4 rings (SSSR count). The zero-order chi connectivity index (χ0) is 21.5. The van der Waals surface area contributed by atoms with Gasteiger partial charge < -0.3 is 4.74 Å². The molecule has 4 aromatic rings. The smallest absolute Gasteiger partial charge is 0.434 e. The van der Waals surface area contributed by atoms with Crippen molar-refractivity contribution in [3.8, 4) is 11.4 Å². The minimum absolute atomic E-state index is 0.181. The van der Waals surface area contributed by atoms with Crippen LogP contribution in [-0.4, -0.2) is 27.8 Å². The number of rotatable bonds is 4.